The highest BCUT2D eigenvalue weighted by atomic mass is 16.5. The minimum Gasteiger partial charge on any atom is -0.468 e. The second-order valence-electron chi connectivity index (χ2n) is 4.68. The van der Waals surface area contributed by atoms with Crippen LogP contribution >= 0.6 is 0 Å². The van der Waals surface area contributed by atoms with Crippen LogP contribution in [-0.2, 0) is 19.1 Å². The highest BCUT2D eigenvalue weighted by molar-refractivity contribution is 6.02. The molecule has 1 rings (SSSR count). The molecule has 1 aliphatic carbocycles. The minimum atomic E-state index is -1.44. The highest BCUT2D eigenvalue weighted by Gasteiger charge is 2.69. The van der Waals surface area contributed by atoms with Crippen LogP contribution in [-0.4, -0.2) is 26.2 Å². The van der Waals surface area contributed by atoms with Crippen LogP contribution in [0.5, 0.6) is 0 Å². The zero-order chi connectivity index (χ0) is 12.6. The maximum absolute atomic E-state index is 11.7. The Morgan fingerprint density at radius 1 is 1.25 bits per heavy atom. The number of esters is 2. The standard InChI is InChI=1S/C11H15NO4/c1-10(2)6-11(7(10)5-12,8(13)15-3)9(14)16-4/h7H,6H2,1-4H3. The molecule has 0 amide bonds. The molecule has 0 spiro atoms. The van der Waals surface area contributed by atoms with Gasteiger partial charge in [0.2, 0.25) is 0 Å². The topological polar surface area (TPSA) is 76.4 Å². The third-order valence-corrected chi connectivity index (χ3v) is 3.24. The van der Waals surface area contributed by atoms with E-state index < -0.39 is 23.3 Å². The summed E-state index contributed by atoms with van der Waals surface area (Å²) in [5, 5.41) is 9.08. The fourth-order valence-corrected chi connectivity index (χ4v) is 2.57. The molecule has 0 saturated heterocycles. The molecule has 88 valence electrons. The van der Waals surface area contributed by atoms with E-state index in [4.69, 9.17) is 5.26 Å². The average Bonchev–Trinajstić information content (AvgIpc) is 2.24. The monoisotopic (exact) mass is 225 g/mol. The molecule has 0 N–H and O–H groups in total. The van der Waals surface area contributed by atoms with E-state index in [0.717, 1.165) is 0 Å². The van der Waals surface area contributed by atoms with Gasteiger partial charge in [-0.2, -0.15) is 5.26 Å². The predicted molar refractivity (Wildman–Crippen MR) is 54.0 cm³/mol. The molecule has 1 aliphatic rings. The van der Waals surface area contributed by atoms with Crippen LogP contribution in [0.4, 0.5) is 0 Å². The van der Waals surface area contributed by atoms with Crippen molar-refractivity contribution in [2.24, 2.45) is 16.7 Å². The molecule has 5 heteroatoms. The van der Waals surface area contributed by atoms with Gasteiger partial charge in [-0.3, -0.25) is 9.59 Å². The van der Waals surface area contributed by atoms with Crippen molar-refractivity contribution >= 4 is 11.9 Å². The van der Waals surface area contributed by atoms with Crippen molar-refractivity contribution < 1.29 is 19.1 Å². The molecule has 1 atom stereocenters. The summed E-state index contributed by atoms with van der Waals surface area (Å²) >= 11 is 0. The fraction of sp³-hybridized carbons (Fsp3) is 0.727. The van der Waals surface area contributed by atoms with E-state index in [1.807, 2.05) is 19.9 Å². The number of nitriles is 1. The summed E-state index contributed by atoms with van der Waals surface area (Å²) < 4.78 is 9.23. The SMILES string of the molecule is COC(=O)C1(C(=O)OC)CC(C)(C)C1C#N. The highest BCUT2D eigenvalue weighted by Crippen LogP contribution is 2.60. The molecule has 0 bridgehead atoms. The molecule has 0 aromatic carbocycles. The van der Waals surface area contributed by atoms with E-state index >= 15 is 0 Å². The summed E-state index contributed by atoms with van der Waals surface area (Å²) in [5.74, 6) is -2.09. The van der Waals surface area contributed by atoms with Crippen molar-refractivity contribution in [2.45, 2.75) is 20.3 Å². The van der Waals surface area contributed by atoms with Gasteiger partial charge < -0.3 is 9.47 Å². The van der Waals surface area contributed by atoms with E-state index in [2.05, 4.69) is 9.47 Å². The summed E-state index contributed by atoms with van der Waals surface area (Å²) in [5.41, 5.74) is -1.82. The van der Waals surface area contributed by atoms with Gasteiger partial charge in [0, 0.05) is 0 Å². The van der Waals surface area contributed by atoms with Crippen LogP contribution in [0.15, 0.2) is 0 Å². The Labute approximate surface area is 94.3 Å². The first kappa shape index (κ1) is 12.5. The van der Waals surface area contributed by atoms with Crippen LogP contribution in [0.2, 0.25) is 0 Å². The number of nitrogens with zero attached hydrogens (tertiary/aromatic N) is 1. The fourth-order valence-electron chi connectivity index (χ4n) is 2.57. The van der Waals surface area contributed by atoms with E-state index in [9.17, 15) is 9.59 Å². The lowest BCUT2D eigenvalue weighted by atomic mass is 9.47. The quantitative estimate of drug-likeness (QED) is 0.515. The summed E-state index contributed by atoms with van der Waals surface area (Å²) in [6.07, 6.45) is 0.275. The zero-order valence-corrected chi connectivity index (χ0v) is 9.86. The lowest BCUT2D eigenvalue weighted by Gasteiger charge is -2.52. The first-order chi connectivity index (χ1) is 7.36. The Bertz CT molecular complexity index is 351. The van der Waals surface area contributed by atoms with Crippen LogP contribution in [0, 0.1) is 28.1 Å². The van der Waals surface area contributed by atoms with Crippen molar-refractivity contribution in [2.75, 3.05) is 14.2 Å². The second-order valence-corrected chi connectivity index (χ2v) is 4.68. The minimum absolute atomic E-state index is 0.275. The molecule has 0 aromatic rings. The van der Waals surface area contributed by atoms with Gasteiger partial charge in [0.05, 0.1) is 26.2 Å². The Hall–Kier alpha value is -1.57. The smallest absolute Gasteiger partial charge is 0.324 e. The van der Waals surface area contributed by atoms with Gasteiger partial charge in [-0.15, -0.1) is 0 Å². The maximum Gasteiger partial charge on any atom is 0.324 e. The zero-order valence-electron chi connectivity index (χ0n) is 9.86. The molecule has 5 nitrogen and oxygen atoms in total. The maximum atomic E-state index is 11.7. The second kappa shape index (κ2) is 3.78. The largest absolute Gasteiger partial charge is 0.468 e. The van der Waals surface area contributed by atoms with Crippen molar-refractivity contribution in [3.8, 4) is 6.07 Å². The molecule has 0 aliphatic heterocycles. The normalized spacial score (nSPS) is 24.8. The van der Waals surface area contributed by atoms with Crippen molar-refractivity contribution in [1.82, 2.24) is 0 Å². The first-order valence-corrected chi connectivity index (χ1v) is 4.93. The first-order valence-electron chi connectivity index (χ1n) is 4.93. The van der Waals surface area contributed by atoms with E-state index in [0.29, 0.717) is 0 Å². The molecule has 1 unspecified atom stereocenters. The Balaban J connectivity index is 3.16. The van der Waals surface area contributed by atoms with Gasteiger partial charge in [-0.1, -0.05) is 13.8 Å². The summed E-state index contributed by atoms with van der Waals surface area (Å²) in [6.45, 7) is 3.68. The van der Waals surface area contributed by atoms with Gasteiger partial charge in [0.1, 0.15) is 0 Å². The Kier molecular flexibility index (Phi) is 2.95. The van der Waals surface area contributed by atoms with Gasteiger partial charge in [-0.25, -0.2) is 0 Å². The van der Waals surface area contributed by atoms with Crippen molar-refractivity contribution in [1.29, 1.82) is 5.26 Å². The number of rotatable bonds is 2. The third kappa shape index (κ3) is 1.37. The number of ether oxygens (including phenoxy) is 2. The lowest BCUT2D eigenvalue weighted by molar-refractivity contribution is -0.194. The van der Waals surface area contributed by atoms with Crippen molar-refractivity contribution in [3.63, 3.8) is 0 Å². The Morgan fingerprint density at radius 3 is 1.94 bits per heavy atom. The van der Waals surface area contributed by atoms with Gasteiger partial charge in [0.25, 0.3) is 0 Å². The summed E-state index contributed by atoms with van der Waals surface area (Å²) in [6, 6.07) is 2.01. The number of hydrogen-bond donors (Lipinski definition) is 0. The van der Waals surface area contributed by atoms with Gasteiger partial charge in [-0.05, 0) is 11.8 Å². The molecule has 0 aromatic heterocycles. The number of carbonyl (C=O) groups excluding carboxylic acids is 2. The van der Waals surface area contributed by atoms with Gasteiger partial charge >= 0.3 is 11.9 Å². The van der Waals surface area contributed by atoms with Crippen molar-refractivity contribution in [3.05, 3.63) is 0 Å². The molecule has 16 heavy (non-hydrogen) atoms. The number of methoxy groups -OCH3 is 2. The van der Waals surface area contributed by atoms with E-state index in [1.165, 1.54) is 14.2 Å². The van der Waals surface area contributed by atoms with Crippen LogP contribution in [0.25, 0.3) is 0 Å². The molecule has 0 radical (unpaired) electrons. The molecular formula is C11H15NO4. The molecule has 0 heterocycles. The third-order valence-electron chi connectivity index (χ3n) is 3.24. The number of carbonyl (C=O) groups is 2. The predicted octanol–water partition coefficient (Wildman–Crippen LogP) is 0.888. The molecular weight excluding hydrogens is 210 g/mol. The van der Waals surface area contributed by atoms with Crippen LogP contribution in [0.3, 0.4) is 0 Å². The summed E-state index contributed by atoms with van der Waals surface area (Å²) in [4.78, 5) is 23.4. The van der Waals surface area contributed by atoms with E-state index in [-0.39, 0.29) is 11.8 Å². The average molecular weight is 225 g/mol. The van der Waals surface area contributed by atoms with Crippen LogP contribution < -0.4 is 0 Å². The van der Waals surface area contributed by atoms with Gasteiger partial charge in [0.15, 0.2) is 5.41 Å². The molecule has 1 fully saturated rings. The summed E-state index contributed by atoms with van der Waals surface area (Å²) in [7, 11) is 2.40. The Morgan fingerprint density at radius 2 is 1.69 bits per heavy atom. The van der Waals surface area contributed by atoms with Crippen LogP contribution in [0.1, 0.15) is 20.3 Å². The number of hydrogen-bond acceptors (Lipinski definition) is 5. The molecule has 1 saturated carbocycles. The lowest BCUT2D eigenvalue weighted by Crippen LogP contribution is -2.62. The van der Waals surface area contributed by atoms with E-state index in [1.54, 1.807) is 0 Å².